The van der Waals surface area contributed by atoms with E-state index in [1.165, 1.54) is 10.9 Å². The summed E-state index contributed by atoms with van der Waals surface area (Å²) in [6.45, 7) is 1.58. The minimum absolute atomic E-state index is 0. The third-order valence-corrected chi connectivity index (χ3v) is 3.22. The van der Waals surface area contributed by atoms with Gasteiger partial charge in [0.2, 0.25) is 5.91 Å². The molecule has 0 aliphatic rings. The van der Waals surface area contributed by atoms with Crippen LogP contribution in [-0.2, 0) is 11.2 Å². The maximum absolute atomic E-state index is 11.6. The van der Waals surface area contributed by atoms with Gasteiger partial charge in [-0.1, -0.05) is 18.2 Å². The van der Waals surface area contributed by atoms with Gasteiger partial charge in [-0.3, -0.25) is 4.79 Å². The molecule has 2 rings (SSSR count). The van der Waals surface area contributed by atoms with Crippen molar-refractivity contribution in [3.05, 3.63) is 36.0 Å². The fourth-order valence-electron chi connectivity index (χ4n) is 2.19. The molecular weight excluding hydrogens is 274 g/mol. The maximum Gasteiger partial charge on any atom is 0.220 e. The molecule has 4 nitrogen and oxygen atoms in total. The molecule has 3 N–H and O–H groups in total. The lowest BCUT2D eigenvalue weighted by atomic mass is 10.1. The molecule has 0 spiro atoms. The van der Waals surface area contributed by atoms with Crippen LogP contribution in [0.5, 0.6) is 0 Å². The zero-order valence-corrected chi connectivity index (χ0v) is 12.6. The Labute approximate surface area is 125 Å². The van der Waals surface area contributed by atoms with Gasteiger partial charge in [0.15, 0.2) is 0 Å². The van der Waals surface area contributed by atoms with Crippen molar-refractivity contribution in [2.24, 2.45) is 0 Å². The molecule has 20 heavy (non-hydrogen) atoms. The summed E-state index contributed by atoms with van der Waals surface area (Å²) in [6.07, 6.45) is 4.36. The quantitative estimate of drug-likeness (QED) is 0.686. The lowest BCUT2D eigenvalue weighted by Gasteiger charge is -2.04. The highest BCUT2D eigenvalue weighted by Gasteiger charge is 2.04. The molecule has 0 bridgehead atoms. The van der Waals surface area contributed by atoms with E-state index in [0.29, 0.717) is 13.0 Å². The van der Waals surface area contributed by atoms with Gasteiger partial charge in [0.1, 0.15) is 0 Å². The van der Waals surface area contributed by atoms with E-state index in [0.717, 1.165) is 24.9 Å². The summed E-state index contributed by atoms with van der Waals surface area (Å²) in [5.74, 6) is 0.134. The smallest absolute Gasteiger partial charge is 0.220 e. The zero-order chi connectivity index (χ0) is 13.5. The number of carbonyl (C=O) groups is 1. The van der Waals surface area contributed by atoms with Crippen LogP contribution in [0.3, 0.4) is 0 Å². The minimum atomic E-state index is 0. The zero-order valence-electron chi connectivity index (χ0n) is 11.7. The van der Waals surface area contributed by atoms with E-state index < -0.39 is 0 Å². The van der Waals surface area contributed by atoms with Gasteiger partial charge < -0.3 is 15.6 Å². The van der Waals surface area contributed by atoms with E-state index in [1.807, 2.05) is 25.4 Å². The second-order valence-electron chi connectivity index (χ2n) is 4.67. The van der Waals surface area contributed by atoms with E-state index in [1.54, 1.807) is 0 Å². The fourth-order valence-corrected chi connectivity index (χ4v) is 2.19. The normalized spacial score (nSPS) is 10.2. The lowest BCUT2D eigenvalue weighted by molar-refractivity contribution is -0.121. The molecule has 0 saturated heterocycles. The SMILES string of the molecule is CNCCCC(=O)NCCc1c[nH]c2ccccc12.Cl. The Morgan fingerprint density at radius 1 is 1.25 bits per heavy atom. The molecule has 0 saturated carbocycles. The molecule has 1 aromatic carbocycles. The fraction of sp³-hybridized carbons (Fsp3) is 0.400. The summed E-state index contributed by atoms with van der Waals surface area (Å²) in [5, 5.41) is 7.24. The minimum Gasteiger partial charge on any atom is -0.361 e. The van der Waals surface area contributed by atoms with Crippen LogP contribution in [0.2, 0.25) is 0 Å². The largest absolute Gasteiger partial charge is 0.361 e. The Morgan fingerprint density at radius 2 is 2.05 bits per heavy atom. The van der Waals surface area contributed by atoms with Crippen molar-refractivity contribution in [2.45, 2.75) is 19.3 Å². The van der Waals surface area contributed by atoms with Crippen LogP contribution in [0.1, 0.15) is 18.4 Å². The van der Waals surface area contributed by atoms with Crippen molar-refractivity contribution in [1.29, 1.82) is 0 Å². The number of rotatable bonds is 7. The third-order valence-electron chi connectivity index (χ3n) is 3.22. The first kappa shape index (κ1) is 16.5. The molecule has 1 amide bonds. The number of carbonyl (C=O) groups excluding carboxylic acids is 1. The number of hydrogen-bond donors (Lipinski definition) is 3. The molecule has 110 valence electrons. The van der Waals surface area contributed by atoms with Crippen LogP contribution in [0.25, 0.3) is 10.9 Å². The van der Waals surface area contributed by atoms with Crippen molar-refractivity contribution < 1.29 is 4.79 Å². The monoisotopic (exact) mass is 295 g/mol. The number of aromatic nitrogens is 1. The summed E-state index contributed by atoms with van der Waals surface area (Å²) in [5.41, 5.74) is 2.41. The van der Waals surface area contributed by atoms with Crippen molar-refractivity contribution in [3.8, 4) is 0 Å². The number of halogens is 1. The first-order valence-corrected chi connectivity index (χ1v) is 6.77. The van der Waals surface area contributed by atoms with Crippen LogP contribution < -0.4 is 10.6 Å². The third kappa shape index (κ3) is 4.54. The predicted octanol–water partition coefficient (Wildman–Crippen LogP) is 2.25. The average Bonchev–Trinajstić information content (AvgIpc) is 2.83. The van der Waals surface area contributed by atoms with Gasteiger partial charge in [-0.15, -0.1) is 12.4 Å². The van der Waals surface area contributed by atoms with Crippen LogP contribution in [0.4, 0.5) is 0 Å². The van der Waals surface area contributed by atoms with Gasteiger partial charge >= 0.3 is 0 Å². The van der Waals surface area contributed by atoms with Gasteiger partial charge in [0.05, 0.1) is 0 Å². The molecule has 0 fully saturated rings. The Morgan fingerprint density at radius 3 is 2.85 bits per heavy atom. The van der Waals surface area contributed by atoms with Crippen LogP contribution >= 0.6 is 12.4 Å². The van der Waals surface area contributed by atoms with Crippen LogP contribution in [0, 0.1) is 0 Å². The predicted molar refractivity (Wildman–Crippen MR) is 85.4 cm³/mol. The Bertz CT molecular complexity index is 539. The topological polar surface area (TPSA) is 56.9 Å². The van der Waals surface area contributed by atoms with E-state index >= 15 is 0 Å². The molecule has 0 unspecified atom stereocenters. The summed E-state index contributed by atoms with van der Waals surface area (Å²) < 4.78 is 0. The van der Waals surface area contributed by atoms with Gasteiger partial charge in [0, 0.05) is 30.1 Å². The highest BCUT2D eigenvalue weighted by molar-refractivity contribution is 5.85. The molecule has 1 aromatic heterocycles. The van der Waals surface area contributed by atoms with Crippen LogP contribution in [0.15, 0.2) is 30.5 Å². The van der Waals surface area contributed by atoms with Gasteiger partial charge in [-0.05, 0) is 38.1 Å². The Kier molecular flexibility index (Phi) is 7.12. The molecule has 0 aliphatic carbocycles. The van der Waals surface area contributed by atoms with Crippen molar-refractivity contribution in [3.63, 3.8) is 0 Å². The Balaban J connectivity index is 0.00000200. The number of aromatic amines is 1. The number of H-pyrrole nitrogens is 1. The number of nitrogens with one attached hydrogen (secondary N) is 3. The molecule has 0 aliphatic heterocycles. The second-order valence-corrected chi connectivity index (χ2v) is 4.67. The van der Waals surface area contributed by atoms with Gasteiger partial charge in [-0.2, -0.15) is 0 Å². The highest BCUT2D eigenvalue weighted by Crippen LogP contribution is 2.17. The maximum atomic E-state index is 11.6. The second kappa shape index (κ2) is 8.61. The molecule has 0 atom stereocenters. The van der Waals surface area contributed by atoms with Crippen LogP contribution in [-0.4, -0.2) is 31.0 Å². The number of benzene rings is 1. The first-order chi connectivity index (χ1) is 9.31. The molecule has 1 heterocycles. The van der Waals surface area contributed by atoms with E-state index in [2.05, 4.69) is 27.8 Å². The summed E-state index contributed by atoms with van der Waals surface area (Å²) >= 11 is 0. The summed E-state index contributed by atoms with van der Waals surface area (Å²) in [6, 6.07) is 8.23. The molecule has 5 heteroatoms. The Hall–Kier alpha value is -1.52. The number of para-hydroxylation sites is 1. The standard InChI is InChI=1S/C15H21N3O.ClH/c1-16-9-4-7-15(19)17-10-8-12-11-18-14-6-3-2-5-13(12)14;/h2-3,5-6,11,16,18H,4,7-10H2,1H3,(H,17,19);1H. The first-order valence-electron chi connectivity index (χ1n) is 6.77. The summed E-state index contributed by atoms with van der Waals surface area (Å²) in [4.78, 5) is 14.8. The number of hydrogen-bond acceptors (Lipinski definition) is 2. The summed E-state index contributed by atoms with van der Waals surface area (Å²) in [7, 11) is 1.90. The van der Waals surface area contributed by atoms with E-state index in [4.69, 9.17) is 0 Å². The molecule has 0 radical (unpaired) electrons. The number of amides is 1. The van der Waals surface area contributed by atoms with Crippen molar-refractivity contribution >= 4 is 29.2 Å². The molecule has 2 aromatic rings. The molecular formula is C15H22ClN3O. The highest BCUT2D eigenvalue weighted by atomic mass is 35.5. The van der Waals surface area contributed by atoms with E-state index in [-0.39, 0.29) is 18.3 Å². The van der Waals surface area contributed by atoms with E-state index in [9.17, 15) is 4.79 Å². The van der Waals surface area contributed by atoms with Crippen molar-refractivity contribution in [1.82, 2.24) is 15.6 Å². The average molecular weight is 296 g/mol. The van der Waals surface area contributed by atoms with Crippen molar-refractivity contribution in [2.75, 3.05) is 20.1 Å². The number of fused-ring (bicyclic) bond motifs is 1. The van der Waals surface area contributed by atoms with Gasteiger partial charge in [0.25, 0.3) is 0 Å². The van der Waals surface area contributed by atoms with Gasteiger partial charge in [-0.25, -0.2) is 0 Å². The lowest BCUT2D eigenvalue weighted by Crippen LogP contribution is -2.26.